The van der Waals surface area contributed by atoms with Gasteiger partial charge in [0.25, 0.3) is 0 Å². The maximum atomic E-state index is 2.76. The summed E-state index contributed by atoms with van der Waals surface area (Å²) in [4.78, 5) is 5.51. The fourth-order valence-corrected chi connectivity index (χ4v) is 16.0. The van der Waals surface area contributed by atoms with Crippen molar-refractivity contribution < 1.29 is 0 Å². The molecule has 0 N–H and O–H groups in total. The van der Waals surface area contributed by atoms with Gasteiger partial charge in [0.2, 0.25) is 0 Å². The van der Waals surface area contributed by atoms with Crippen molar-refractivity contribution in [2.24, 2.45) is 0 Å². The fourth-order valence-electron chi connectivity index (χ4n) is 14.8. The van der Waals surface area contributed by atoms with Crippen molar-refractivity contribution in [2.45, 2.75) is 90.9 Å². The molecule has 1 unspecified atom stereocenters. The number of fused-ring (bicyclic) bond motifs is 10. The molecule has 1 aromatic heterocycles. The molecule has 1 atom stereocenters. The maximum absolute atomic E-state index is 2.76. The SMILES string of the molecule is CC(C)(C)c1cccc(-c2ccc3c(c2)C2c4ccc(C(C)(C)C)cc4N(c4c(-c5ccccc5)cc5sc6ccccc6c5c4-c4ccccc4)c4cc(C(C)(C)C)cc(c42)N3c2c(-c3ccccc3)cc3c(c2-c2ccccc2)-c2ccccc2C3)c1. The Balaban J connectivity index is 1.12. The number of anilines is 6. The molecule has 13 aromatic rings. The lowest BCUT2D eigenvalue weighted by molar-refractivity contribution is 0.589. The van der Waals surface area contributed by atoms with E-state index < -0.39 is 0 Å². The number of benzene rings is 12. The summed E-state index contributed by atoms with van der Waals surface area (Å²) in [5.74, 6) is -0.159. The number of thiophene rings is 1. The molecule has 0 bridgehead atoms. The average Bonchev–Trinajstić information content (AvgIpc) is 0.920. The van der Waals surface area contributed by atoms with Gasteiger partial charge in [-0.05, 0) is 155 Å². The Bertz CT molecular complexity index is 4970. The molecule has 3 aliphatic rings. The van der Waals surface area contributed by atoms with Crippen molar-refractivity contribution in [3.63, 3.8) is 0 Å². The summed E-state index contributed by atoms with van der Waals surface area (Å²) in [7, 11) is 0. The highest BCUT2D eigenvalue weighted by Gasteiger charge is 2.45. The van der Waals surface area contributed by atoms with Crippen molar-refractivity contribution in [3.05, 3.63) is 299 Å². The van der Waals surface area contributed by atoms with Crippen LogP contribution in [-0.2, 0) is 22.7 Å². The fraction of sp³-hybridized carbons (Fsp3) is 0.163. The molecule has 0 radical (unpaired) electrons. The molecule has 3 heteroatoms. The Hall–Kier alpha value is -9.54. The van der Waals surface area contributed by atoms with E-state index in [1.54, 1.807) is 0 Å². The van der Waals surface area contributed by atoms with Crippen LogP contribution >= 0.6 is 11.3 Å². The zero-order valence-electron chi connectivity index (χ0n) is 52.3. The van der Waals surface area contributed by atoms with Gasteiger partial charge in [0.15, 0.2) is 0 Å². The van der Waals surface area contributed by atoms with Crippen LogP contribution in [-0.4, -0.2) is 0 Å². The van der Waals surface area contributed by atoms with Crippen molar-refractivity contribution in [2.75, 3.05) is 9.80 Å². The van der Waals surface area contributed by atoms with Gasteiger partial charge >= 0.3 is 0 Å². The smallest absolute Gasteiger partial charge is 0.0625 e. The first-order chi connectivity index (χ1) is 43.1. The quantitative estimate of drug-likeness (QED) is 0.157. The topological polar surface area (TPSA) is 6.48 Å². The Morgan fingerprint density at radius 1 is 0.326 bits per heavy atom. The second kappa shape index (κ2) is 20.5. The van der Waals surface area contributed by atoms with Crippen LogP contribution in [0.1, 0.15) is 113 Å². The zero-order valence-corrected chi connectivity index (χ0v) is 53.2. The zero-order chi connectivity index (χ0) is 60.7. The first-order valence-corrected chi connectivity index (χ1v) is 32.5. The summed E-state index contributed by atoms with van der Waals surface area (Å²) in [6.07, 6.45) is 0.871. The molecule has 1 aliphatic carbocycles. The molecule has 0 amide bonds. The van der Waals surface area contributed by atoms with E-state index in [4.69, 9.17) is 0 Å². The van der Waals surface area contributed by atoms with E-state index in [9.17, 15) is 0 Å². The lowest BCUT2D eigenvalue weighted by atomic mass is 9.72. The molecule has 2 aliphatic heterocycles. The van der Waals surface area contributed by atoms with E-state index in [1.807, 2.05) is 11.3 Å². The van der Waals surface area contributed by atoms with Crippen LogP contribution in [0.4, 0.5) is 34.1 Å². The number of hydrogen-bond acceptors (Lipinski definition) is 3. The Labute approximate surface area is 529 Å². The molecule has 3 heterocycles. The summed E-state index contributed by atoms with van der Waals surface area (Å²) >= 11 is 1.90. The Morgan fingerprint density at radius 3 is 1.49 bits per heavy atom. The highest BCUT2D eigenvalue weighted by atomic mass is 32.1. The third kappa shape index (κ3) is 8.94. The van der Waals surface area contributed by atoms with Gasteiger partial charge in [0, 0.05) is 53.9 Å². The molecule has 12 aromatic carbocycles. The summed E-state index contributed by atoms with van der Waals surface area (Å²) in [6, 6.07) is 97.9. The van der Waals surface area contributed by atoms with Crippen LogP contribution in [0.25, 0.3) is 86.9 Å². The van der Waals surface area contributed by atoms with Crippen molar-refractivity contribution in [1.82, 2.24) is 0 Å². The largest absolute Gasteiger partial charge is 0.309 e. The predicted molar refractivity (Wildman–Crippen MR) is 381 cm³/mol. The first kappa shape index (κ1) is 54.8. The van der Waals surface area contributed by atoms with E-state index in [0.29, 0.717) is 0 Å². The van der Waals surface area contributed by atoms with Crippen LogP contribution < -0.4 is 9.80 Å². The highest BCUT2D eigenvalue weighted by molar-refractivity contribution is 7.26. The minimum absolute atomic E-state index is 0.0282. The van der Waals surface area contributed by atoms with Gasteiger partial charge < -0.3 is 9.80 Å². The minimum atomic E-state index is -0.270. The van der Waals surface area contributed by atoms with Crippen LogP contribution in [0, 0.1) is 0 Å². The average molecular weight is 1170 g/mol. The van der Waals surface area contributed by atoms with Crippen molar-refractivity contribution in [3.8, 4) is 66.8 Å². The Kier molecular flexibility index (Phi) is 12.6. The van der Waals surface area contributed by atoms with Gasteiger partial charge in [-0.3, -0.25) is 0 Å². The summed E-state index contributed by atoms with van der Waals surface area (Å²) in [6.45, 7) is 21.3. The molecule has 0 spiro atoms. The van der Waals surface area contributed by atoms with Crippen molar-refractivity contribution >= 4 is 65.6 Å². The summed E-state index contributed by atoms with van der Waals surface area (Å²) < 4.78 is 2.56. The van der Waals surface area contributed by atoms with E-state index in [-0.39, 0.29) is 22.2 Å². The number of rotatable bonds is 7. The molecule has 0 saturated carbocycles. The summed E-state index contributed by atoms with van der Waals surface area (Å²) in [5, 5.41) is 2.56. The number of nitrogens with zero attached hydrogens (tertiary/aromatic N) is 2. The van der Waals surface area contributed by atoms with E-state index >= 15 is 0 Å². The van der Waals surface area contributed by atoms with Gasteiger partial charge in [-0.1, -0.05) is 269 Å². The van der Waals surface area contributed by atoms with Gasteiger partial charge in [-0.25, -0.2) is 0 Å². The van der Waals surface area contributed by atoms with Crippen molar-refractivity contribution in [1.29, 1.82) is 0 Å². The molecule has 89 heavy (non-hydrogen) atoms. The van der Waals surface area contributed by atoms with Crippen LogP contribution in [0.5, 0.6) is 0 Å². The van der Waals surface area contributed by atoms with Crippen LogP contribution in [0.2, 0.25) is 0 Å². The third-order valence-electron chi connectivity index (χ3n) is 19.3. The molecule has 0 saturated heterocycles. The van der Waals surface area contributed by atoms with Crippen LogP contribution in [0.3, 0.4) is 0 Å². The van der Waals surface area contributed by atoms with Gasteiger partial charge in [0.1, 0.15) is 0 Å². The maximum Gasteiger partial charge on any atom is 0.0625 e. The lowest BCUT2D eigenvalue weighted by Crippen LogP contribution is -2.31. The normalized spacial score (nSPS) is 14.1. The molecule has 432 valence electrons. The highest BCUT2D eigenvalue weighted by Crippen LogP contribution is 2.66. The lowest BCUT2D eigenvalue weighted by Gasteiger charge is -2.47. The minimum Gasteiger partial charge on any atom is -0.309 e. The van der Waals surface area contributed by atoms with Gasteiger partial charge in [0.05, 0.1) is 34.1 Å². The summed E-state index contributed by atoms with van der Waals surface area (Å²) in [5.41, 5.74) is 32.0. The standard InChI is InChI=1S/C86H72N2S/c1-84(2,3)61-37-26-36-57(46-61)58-41-44-70-69(47-58)79-65-43-42-62(85(4,5)6)49-71(65)88(83-68(54-29-16-11-17-30-54)52-75-80(66-39-24-25-40-74(66)89-75)78(83)56-33-20-13-21-34-56)73-51-63(86(7,8)9)50-72(81(73)79)87(70)82-67(53-27-14-10-15-28-53)48-60-45-59-35-22-23-38-64(59)76(60)77(82)55-31-18-12-19-32-55/h10-44,46-52,79H,45H2,1-9H3. The monoisotopic (exact) mass is 1160 g/mol. The molecular weight excluding hydrogens is 1090 g/mol. The molecule has 0 fully saturated rings. The second-order valence-electron chi connectivity index (χ2n) is 28.0. The molecule has 2 nitrogen and oxygen atoms in total. The van der Waals surface area contributed by atoms with E-state index in [1.165, 1.54) is 166 Å². The Morgan fingerprint density at radius 2 is 0.843 bits per heavy atom. The molecule has 16 rings (SSSR count). The van der Waals surface area contributed by atoms with Gasteiger partial charge in [-0.15, -0.1) is 11.3 Å². The van der Waals surface area contributed by atoms with E-state index in [0.717, 1.165) is 6.42 Å². The van der Waals surface area contributed by atoms with Crippen LogP contribution in [0.15, 0.2) is 255 Å². The molecular formula is C86H72N2S. The van der Waals surface area contributed by atoms with E-state index in [2.05, 4.69) is 327 Å². The third-order valence-corrected chi connectivity index (χ3v) is 20.4. The number of hydrogen-bond donors (Lipinski definition) is 0. The predicted octanol–water partition coefficient (Wildman–Crippen LogP) is 24.6. The first-order valence-electron chi connectivity index (χ1n) is 31.7. The second-order valence-corrected chi connectivity index (χ2v) is 29.1. The van der Waals surface area contributed by atoms with Gasteiger partial charge in [-0.2, -0.15) is 0 Å².